The van der Waals surface area contributed by atoms with Gasteiger partial charge in [-0.2, -0.15) is 0 Å². The van der Waals surface area contributed by atoms with E-state index in [-0.39, 0.29) is 17.2 Å². The molecule has 0 bridgehead atoms. The highest BCUT2D eigenvalue weighted by atomic mass is 79.9. The Labute approximate surface area is 109 Å². The predicted octanol–water partition coefficient (Wildman–Crippen LogP) is 2.00. The normalized spacial score (nSPS) is 12.2. The van der Waals surface area contributed by atoms with Gasteiger partial charge < -0.3 is 15.1 Å². The first kappa shape index (κ1) is 14.0. The molecule has 1 rings (SSSR count). The number of carbonyl (C=O) groups excluding carboxylic acids is 1. The number of aliphatic hydroxyl groups excluding tert-OH is 1. The number of halogens is 1. The van der Waals surface area contributed by atoms with Gasteiger partial charge in [-0.3, -0.25) is 4.79 Å². The van der Waals surface area contributed by atoms with Crippen molar-refractivity contribution in [2.24, 2.45) is 0 Å². The summed E-state index contributed by atoms with van der Waals surface area (Å²) in [5.41, 5.74) is 0.265. The molecule has 0 heterocycles. The topological polar surface area (TPSA) is 60.8 Å². The Morgan fingerprint density at radius 1 is 1.53 bits per heavy atom. The summed E-state index contributed by atoms with van der Waals surface area (Å²) in [4.78, 5) is 13.4. The van der Waals surface area contributed by atoms with E-state index in [2.05, 4.69) is 15.9 Å². The number of hydrogen-bond acceptors (Lipinski definition) is 3. The van der Waals surface area contributed by atoms with E-state index >= 15 is 0 Å². The molecule has 1 aromatic rings. The number of rotatable bonds is 4. The molecule has 17 heavy (non-hydrogen) atoms. The Balaban J connectivity index is 2.75. The largest absolute Gasteiger partial charge is 0.507 e. The van der Waals surface area contributed by atoms with Crippen LogP contribution in [-0.2, 0) is 0 Å². The van der Waals surface area contributed by atoms with Crippen molar-refractivity contribution < 1.29 is 15.0 Å². The standard InChI is InChI=1S/C12H16BrNO3/c1-8(15)5-6-14(2)12(17)10-4-3-9(13)7-11(10)16/h3-4,7-8,15-16H,5-6H2,1-2H3. The van der Waals surface area contributed by atoms with E-state index in [1.54, 1.807) is 26.1 Å². The van der Waals surface area contributed by atoms with Gasteiger partial charge >= 0.3 is 0 Å². The number of phenolic OH excluding ortho intramolecular Hbond substituents is 1. The lowest BCUT2D eigenvalue weighted by atomic mass is 10.1. The Morgan fingerprint density at radius 3 is 2.71 bits per heavy atom. The van der Waals surface area contributed by atoms with Crippen LogP contribution in [0.4, 0.5) is 0 Å². The van der Waals surface area contributed by atoms with Crippen LogP contribution >= 0.6 is 15.9 Å². The zero-order valence-corrected chi connectivity index (χ0v) is 11.4. The molecule has 1 unspecified atom stereocenters. The van der Waals surface area contributed by atoms with E-state index < -0.39 is 6.10 Å². The van der Waals surface area contributed by atoms with Crippen molar-refractivity contribution in [2.45, 2.75) is 19.4 Å². The van der Waals surface area contributed by atoms with E-state index in [0.717, 1.165) is 4.47 Å². The molecular weight excluding hydrogens is 286 g/mol. The van der Waals surface area contributed by atoms with Crippen LogP contribution in [-0.4, -0.2) is 40.7 Å². The maximum Gasteiger partial charge on any atom is 0.257 e. The summed E-state index contributed by atoms with van der Waals surface area (Å²) in [7, 11) is 1.65. The number of benzene rings is 1. The molecular formula is C12H16BrNO3. The van der Waals surface area contributed by atoms with Gasteiger partial charge in [0.15, 0.2) is 0 Å². The summed E-state index contributed by atoms with van der Waals surface area (Å²) in [5, 5.41) is 18.8. The average molecular weight is 302 g/mol. The smallest absolute Gasteiger partial charge is 0.257 e. The van der Waals surface area contributed by atoms with E-state index in [9.17, 15) is 9.90 Å². The first-order valence-electron chi connectivity index (χ1n) is 5.34. The molecule has 0 aliphatic carbocycles. The first-order valence-corrected chi connectivity index (χ1v) is 6.13. The van der Waals surface area contributed by atoms with Gasteiger partial charge in [0.2, 0.25) is 0 Å². The summed E-state index contributed by atoms with van der Waals surface area (Å²) in [6.07, 6.45) is 0.0725. The Morgan fingerprint density at radius 2 is 2.18 bits per heavy atom. The Kier molecular flexibility index (Phi) is 4.96. The maximum atomic E-state index is 12.0. The minimum absolute atomic E-state index is 0.0479. The molecule has 0 aliphatic rings. The third kappa shape index (κ3) is 4.02. The van der Waals surface area contributed by atoms with Gasteiger partial charge in [-0.25, -0.2) is 0 Å². The Hall–Kier alpha value is -1.07. The van der Waals surface area contributed by atoms with Gasteiger partial charge in [0.1, 0.15) is 5.75 Å². The van der Waals surface area contributed by atoms with Crippen LogP contribution in [0.3, 0.4) is 0 Å². The highest BCUT2D eigenvalue weighted by Crippen LogP contribution is 2.23. The van der Waals surface area contributed by atoms with Gasteiger partial charge in [0.05, 0.1) is 11.7 Å². The molecule has 2 N–H and O–H groups in total. The van der Waals surface area contributed by atoms with E-state index in [4.69, 9.17) is 5.11 Å². The second-order valence-corrected chi connectivity index (χ2v) is 4.94. The molecule has 0 aliphatic heterocycles. The SMILES string of the molecule is CC(O)CCN(C)C(=O)c1ccc(Br)cc1O. The van der Waals surface area contributed by atoms with Crippen molar-refractivity contribution in [1.29, 1.82) is 0 Å². The van der Waals surface area contributed by atoms with Gasteiger partial charge in [-0.05, 0) is 31.5 Å². The van der Waals surface area contributed by atoms with Gasteiger partial charge in [0.25, 0.3) is 5.91 Å². The lowest BCUT2D eigenvalue weighted by Gasteiger charge is -2.18. The second kappa shape index (κ2) is 6.02. The Bertz CT molecular complexity index is 407. The minimum Gasteiger partial charge on any atom is -0.507 e. The molecule has 0 spiro atoms. The summed E-state index contributed by atoms with van der Waals surface area (Å²) in [5.74, 6) is -0.302. The van der Waals surface area contributed by atoms with Crippen LogP contribution in [0.5, 0.6) is 5.75 Å². The fraction of sp³-hybridized carbons (Fsp3) is 0.417. The van der Waals surface area contributed by atoms with Crippen LogP contribution in [0, 0.1) is 0 Å². The average Bonchev–Trinajstić information content (AvgIpc) is 2.25. The number of amides is 1. The van der Waals surface area contributed by atoms with E-state index in [0.29, 0.717) is 13.0 Å². The number of phenols is 1. The molecule has 0 saturated carbocycles. The van der Waals surface area contributed by atoms with E-state index in [1.165, 1.54) is 11.0 Å². The van der Waals surface area contributed by atoms with Crippen molar-refractivity contribution in [3.8, 4) is 5.75 Å². The highest BCUT2D eigenvalue weighted by molar-refractivity contribution is 9.10. The molecule has 0 aromatic heterocycles. The number of nitrogens with zero attached hydrogens (tertiary/aromatic N) is 1. The van der Waals surface area contributed by atoms with Crippen LogP contribution in [0.25, 0.3) is 0 Å². The quantitative estimate of drug-likeness (QED) is 0.894. The van der Waals surface area contributed by atoms with Crippen LogP contribution in [0.1, 0.15) is 23.7 Å². The number of aliphatic hydroxyl groups is 1. The van der Waals surface area contributed by atoms with Crippen molar-refractivity contribution in [2.75, 3.05) is 13.6 Å². The zero-order chi connectivity index (χ0) is 13.0. The monoisotopic (exact) mass is 301 g/mol. The summed E-state index contributed by atoms with van der Waals surface area (Å²) < 4.78 is 0.721. The maximum absolute atomic E-state index is 12.0. The third-order valence-corrected chi connectivity index (χ3v) is 2.91. The van der Waals surface area contributed by atoms with Gasteiger partial charge in [-0.15, -0.1) is 0 Å². The van der Waals surface area contributed by atoms with Crippen molar-refractivity contribution in [3.63, 3.8) is 0 Å². The predicted molar refractivity (Wildman–Crippen MR) is 69.1 cm³/mol. The molecule has 1 amide bonds. The molecule has 1 atom stereocenters. The summed E-state index contributed by atoms with van der Waals surface area (Å²) >= 11 is 3.21. The van der Waals surface area contributed by atoms with Gasteiger partial charge in [-0.1, -0.05) is 15.9 Å². The number of aromatic hydroxyl groups is 1. The number of carbonyl (C=O) groups is 1. The highest BCUT2D eigenvalue weighted by Gasteiger charge is 2.16. The van der Waals surface area contributed by atoms with Crippen LogP contribution < -0.4 is 0 Å². The van der Waals surface area contributed by atoms with Crippen molar-refractivity contribution in [3.05, 3.63) is 28.2 Å². The van der Waals surface area contributed by atoms with Crippen molar-refractivity contribution >= 4 is 21.8 Å². The molecule has 94 valence electrons. The fourth-order valence-electron chi connectivity index (χ4n) is 1.37. The lowest BCUT2D eigenvalue weighted by Crippen LogP contribution is -2.29. The second-order valence-electron chi connectivity index (χ2n) is 4.03. The summed E-state index contributed by atoms with van der Waals surface area (Å²) in [6.45, 7) is 2.13. The first-order chi connectivity index (χ1) is 7.91. The molecule has 4 nitrogen and oxygen atoms in total. The summed E-state index contributed by atoms with van der Waals surface area (Å²) in [6, 6.07) is 4.76. The minimum atomic E-state index is -0.441. The van der Waals surface area contributed by atoms with Crippen molar-refractivity contribution in [1.82, 2.24) is 4.90 Å². The fourth-order valence-corrected chi connectivity index (χ4v) is 1.72. The van der Waals surface area contributed by atoms with Crippen LogP contribution in [0.2, 0.25) is 0 Å². The lowest BCUT2D eigenvalue weighted by molar-refractivity contribution is 0.0766. The van der Waals surface area contributed by atoms with Crippen LogP contribution in [0.15, 0.2) is 22.7 Å². The molecule has 0 saturated heterocycles. The van der Waals surface area contributed by atoms with Gasteiger partial charge in [0, 0.05) is 18.1 Å². The molecule has 0 radical (unpaired) electrons. The van der Waals surface area contributed by atoms with E-state index in [1.807, 2.05) is 0 Å². The number of hydrogen-bond donors (Lipinski definition) is 2. The third-order valence-electron chi connectivity index (χ3n) is 2.42. The molecule has 0 fully saturated rings. The molecule has 5 heteroatoms. The molecule has 1 aromatic carbocycles. The zero-order valence-electron chi connectivity index (χ0n) is 9.85.